The summed E-state index contributed by atoms with van der Waals surface area (Å²) in [5.74, 6) is 0. The number of aliphatic hydroxyl groups is 1. The number of halogens is 2. The van der Waals surface area contributed by atoms with Gasteiger partial charge in [0.05, 0.1) is 12.3 Å². The maximum Gasteiger partial charge on any atom is 0.186 e. The topological polar surface area (TPSA) is 66.1 Å². The van der Waals surface area contributed by atoms with Crippen LogP contribution in [0.25, 0.3) is 0 Å². The van der Waals surface area contributed by atoms with Gasteiger partial charge in [0.15, 0.2) is 6.10 Å². The second kappa shape index (κ2) is 6.97. The van der Waals surface area contributed by atoms with Crippen molar-refractivity contribution < 1.29 is 9.84 Å². The predicted molar refractivity (Wildman–Crippen MR) is 65.6 cm³/mol. The first-order chi connectivity index (χ1) is 7.69. The van der Waals surface area contributed by atoms with Gasteiger partial charge in [0.1, 0.15) is 6.07 Å². The summed E-state index contributed by atoms with van der Waals surface area (Å²) in [5.41, 5.74) is 0.545. The Kier molecular flexibility index (Phi) is 5.91. The van der Waals surface area contributed by atoms with Gasteiger partial charge in [0.25, 0.3) is 0 Å². The largest absolute Gasteiger partial charge is 0.396 e. The third-order valence-corrected chi connectivity index (χ3v) is 2.86. The lowest BCUT2D eigenvalue weighted by Gasteiger charge is -2.11. The molecule has 0 radical (unpaired) electrons. The minimum absolute atomic E-state index is 0.0487. The number of hydrogen-bond acceptors (Lipinski definition) is 4. The molecular formula is C10H10Br2N2O2. The number of ether oxygens (including phenoxy) is 1. The van der Waals surface area contributed by atoms with E-state index in [4.69, 9.17) is 15.1 Å². The van der Waals surface area contributed by atoms with Gasteiger partial charge in [-0.2, -0.15) is 5.26 Å². The number of aliphatic hydroxyl groups excluding tert-OH is 1. The molecule has 1 N–H and O–H groups in total. The van der Waals surface area contributed by atoms with E-state index in [1.165, 1.54) is 0 Å². The van der Waals surface area contributed by atoms with Crippen molar-refractivity contribution >= 4 is 31.9 Å². The van der Waals surface area contributed by atoms with Crippen LogP contribution >= 0.6 is 31.9 Å². The second-order valence-corrected chi connectivity index (χ2v) is 4.75. The molecule has 86 valence electrons. The molecule has 0 amide bonds. The van der Waals surface area contributed by atoms with E-state index in [0.717, 1.165) is 8.95 Å². The van der Waals surface area contributed by atoms with E-state index < -0.39 is 6.10 Å². The van der Waals surface area contributed by atoms with Crippen LogP contribution in [0.3, 0.4) is 0 Å². The molecule has 1 atom stereocenters. The van der Waals surface area contributed by atoms with Crippen LogP contribution in [0.5, 0.6) is 0 Å². The van der Waals surface area contributed by atoms with Crippen LogP contribution in [0.4, 0.5) is 0 Å². The number of pyridine rings is 1. The average Bonchev–Trinajstić information content (AvgIpc) is 2.26. The third kappa shape index (κ3) is 3.83. The van der Waals surface area contributed by atoms with Gasteiger partial charge in [0.2, 0.25) is 0 Å². The highest BCUT2D eigenvalue weighted by Gasteiger charge is 2.16. The van der Waals surface area contributed by atoms with E-state index in [0.29, 0.717) is 18.7 Å². The van der Waals surface area contributed by atoms with Gasteiger partial charge >= 0.3 is 0 Å². The molecule has 0 aliphatic heterocycles. The molecule has 0 aromatic carbocycles. The van der Waals surface area contributed by atoms with Crippen molar-refractivity contribution in [3.05, 3.63) is 26.9 Å². The number of rotatable bonds is 5. The normalized spacial score (nSPS) is 12.1. The molecule has 1 aromatic heterocycles. The van der Waals surface area contributed by atoms with Crippen molar-refractivity contribution in [3.63, 3.8) is 0 Å². The summed E-state index contributed by atoms with van der Waals surface area (Å²) in [5, 5.41) is 17.6. The van der Waals surface area contributed by atoms with Crippen molar-refractivity contribution in [2.24, 2.45) is 0 Å². The molecule has 0 fully saturated rings. The van der Waals surface area contributed by atoms with E-state index in [1.807, 2.05) is 12.1 Å². The van der Waals surface area contributed by atoms with E-state index in [1.54, 1.807) is 6.20 Å². The van der Waals surface area contributed by atoms with Crippen molar-refractivity contribution in [2.75, 3.05) is 13.2 Å². The Labute approximate surface area is 111 Å². The van der Waals surface area contributed by atoms with Gasteiger partial charge in [-0.1, -0.05) is 0 Å². The molecule has 0 spiro atoms. The zero-order valence-electron chi connectivity index (χ0n) is 8.36. The Morgan fingerprint density at radius 1 is 1.56 bits per heavy atom. The molecule has 1 unspecified atom stereocenters. The molecule has 0 aliphatic carbocycles. The fourth-order valence-corrected chi connectivity index (χ4v) is 2.26. The molecule has 16 heavy (non-hydrogen) atoms. The van der Waals surface area contributed by atoms with Gasteiger partial charge in [-0.3, -0.25) is 4.98 Å². The van der Waals surface area contributed by atoms with Crippen LogP contribution in [-0.4, -0.2) is 23.3 Å². The van der Waals surface area contributed by atoms with E-state index in [2.05, 4.69) is 36.8 Å². The lowest BCUT2D eigenvalue weighted by Crippen LogP contribution is -2.07. The fourth-order valence-electron chi connectivity index (χ4n) is 1.06. The minimum atomic E-state index is -0.714. The minimum Gasteiger partial charge on any atom is -0.396 e. The molecule has 0 saturated heterocycles. The summed E-state index contributed by atoms with van der Waals surface area (Å²) in [4.78, 5) is 4.12. The van der Waals surface area contributed by atoms with Gasteiger partial charge in [-0.15, -0.1) is 0 Å². The molecule has 0 bridgehead atoms. The van der Waals surface area contributed by atoms with Crippen LogP contribution in [0.15, 0.2) is 21.2 Å². The Morgan fingerprint density at radius 3 is 2.88 bits per heavy atom. The van der Waals surface area contributed by atoms with Crippen LogP contribution in [0.1, 0.15) is 18.2 Å². The molecule has 1 rings (SSSR count). The average molecular weight is 350 g/mol. The SMILES string of the molecule is N#CC(OCCCO)c1ncc(Br)cc1Br. The van der Waals surface area contributed by atoms with Crippen LogP contribution in [0, 0.1) is 11.3 Å². The lowest BCUT2D eigenvalue weighted by atomic mass is 10.2. The van der Waals surface area contributed by atoms with Crippen LogP contribution in [0.2, 0.25) is 0 Å². The van der Waals surface area contributed by atoms with Crippen molar-refractivity contribution in [1.82, 2.24) is 4.98 Å². The summed E-state index contributed by atoms with van der Waals surface area (Å²) < 4.78 is 6.86. The van der Waals surface area contributed by atoms with Gasteiger partial charge in [-0.05, 0) is 44.3 Å². The quantitative estimate of drug-likeness (QED) is 0.829. The van der Waals surface area contributed by atoms with Crippen LogP contribution in [-0.2, 0) is 4.74 Å². The highest BCUT2D eigenvalue weighted by molar-refractivity contribution is 9.11. The molecule has 4 nitrogen and oxygen atoms in total. The first kappa shape index (κ1) is 13.6. The number of nitrogens with zero attached hydrogens (tertiary/aromatic N) is 2. The Bertz CT molecular complexity index is 393. The maximum atomic E-state index is 8.96. The predicted octanol–water partition coefficient (Wildman–Crippen LogP) is 2.57. The molecule has 1 aromatic rings. The van der Waals surface area contributed by atoms with Crippen LogP contribution < -0.4 is 0 Å². The van der Waals surface area contributed by atoms with Gasteiger partial charge in [0, 0.05) is 21.7 Å². The Morgan fingerprint density at radius 2 is 2.31 bits per heavy atom. The Balaban J connectivity index is 2.76. The third-order valence-electron chi connectivity index (χ3n) is 1.79. The molecule has 1 heterocycles. The number of hydrogen-bond donors (Lipinski definition) is 1. The second-order valence-electron chi connectivity index (χ2n) is 2.98. The highest BCUT2D eigenvalue weighted by atomic mass is 79.9. The number of nitriles is 1. The van der Waals surface area contributed by atoms with Crippen molar-refractivity contribution in [2.45, 2.75) is 12.5 Å². The molecule has 6 heteroatoms. The van der Waals surface area contributed by atoms with E-state index >= 15 is 0 Å². The van der Waals surface area contributed by atoms with Crippen molar-refractivity contribution in [1.29, 1.82) is 5.26 Å². The zero-order valence-corrected chi connectivity index (χ0v) is 11.5. The van der Waals surface area contributed by atoms with Gasteiger partial charge in [-0.25, -0.2) is 0 Å². The smallest absolute Gasteiger partial charge is 0.186 e. The van der Waals surface area contributed by atoms with E-state index in [9.17, 15) is 0 Å². The fraction of sp³-hybridized carbons (Fsp3) is 0.400. The highest BCUT2D eigenvalue weighted by Crippen LogP contribution is 2.26. The first-order valence-corrected chi connectivity index (χ1v) is 6.20. The van der Waals surface area contributed by atoms with Crippen molar-refractivity contribution in [3.8, 4) is 6.07 Å². The zero-order chi connectivity index (χ0) is 12.0. The summed E-state index contributed by atoms with van der Waals surface area (Å²) in [7, 11) is 0. The van der Waals surface area contributed by atoms with Gasteiger partial charge < -0.3 is 9.84 Å². The summed E-state index contributed by atoms with van der Waals surface area (Å²) in [6, 6.07) is 3.83. The summed E-state index contributed by atoms with van der Waals surface area (Å²) >= 11 is 6.61. The molecule has 0 saturated carbocycles. The number of aromatic nitrogens is 1. The van der Waals surface area contributed by atoms with E-state index in [-0.39, 0.29) is 6.61 Å². The standard InChI is InChI=1S/C10H10Br2N2O2/c11-7-4-8(12)10(14-6-7)9(5-13)16-3-1-2-15/h4,6,9,15H,1-3H2. The lowest BCUT2D eigenvalue weighted by molar-refractivity contribution is 0.0745. The molecule has 0 aliphatic rings. The first-order valence-electron chi connectivity index (χ1n) is 4.62. The summed E-state index contributed by atoms with van der Waals surface area (Å²) in [6.45, 7) is 0.381. The monoisotopic (exact) mass is 348 g/mol. The molecular weight excluding hydrogens is 340 g/mol. The Hall–Kier alpha value is -0.480. The maximum absolute atomic E-state index is 8.96. The summed E-state index contributed by atoms with van der Waals surface area (Å²) in [6.07, 6.45) is 1.40.